The summed E-state index contributed by atoms with van der Waals surface area (Å²) in [6.45, 7) is 3.96. The van der Waals surface area contributed by atoms with Crippen LogP contribution < -0.4 is 5.32 Å². The Balaban J connectivity index is 3.26. The molecular weight excluding hydrogens is 170 g/mol. The van der Waals surface area contributed by atoms with Gasteiger partial charge in [-0.1, -0.05) is 6.92 Å². The predicted molar refractivity (Wildman–Crippen MR) is 49.3 cm³/mol. The van der Waals surface area contributed by atoms with E-state index in [0.717, 1.165) is 25.1 Å². The zero-order valence-electron chi connectivity index (χ0n) is 7.79. The standard InChI is InChI=1S/C9H15NO3/c1-2-5-10-6-8-13-9(12)4-3-7-11/h3-4,7,10H,2,5-6,8H2,1H3/b4-3+. The number of carbonyl (C=O) groups excluding carboxylic acids is 2. The van der Waals surface area contributed by atoms with Crippen molar-refractivity contribution in [2.75, 3.05) is 19.7 Å². The van der Waals surface area contributed by atoms with Crippen molar-refractivity contribution in [3.8, 4) is 0 Å². The molecule has 0 saturated heterocycles. The van der Waals surface area contributed by atoms with Crippen molar-refractivity contribution < 1.29 is 14.3 Å². The maximum absolute atomic E-state index is 10.7. The minimum absolute atomic E-state index is 0.335. The summed E-state index contributed by atoms with van der Waals surface area (Å²) >= 11 is 0. The molecule has 0 spiro atoms. The van der Waals surface area contributed by atoms with Crippen LogP contribution in [0.4, 0.5) is 0 Å². The second-order valence-corrected chi connectivity index (χ2v) is 2.41. The average Bonchev–Trinajstić information content (AvgIpc) is 2.14. The van der Waals surface area contributed by atoms with Crippen molar-refractivity contribution in [2.24, 2.45) is 0 Å². The van der Waals surface area contributed by atoms with Crippen LogP contribution >= 0.6 is 0 Å². The third-order valence-electron chi connectivity index (χ3n) is 1.26. The van der Waals surface area contributed by atoms with E-state index in [2.05, 4.69) is 12.2 Å². The van der Waals surface area contributed by atoms with Crippen LogP contribution in [0.2, 0.25) is 0 Å². The second kappa shape index (κ2) is 8.93. The number of carbonyl (C=O) groups is 2. The summed E-state index contributed by atoms with van der Waals surface area (Å²) in [4.78, 5) is 20.6. The Morgan fingerprint density at radius 3 is 2.85 bits per heavy atom. The summed E-state index contributed by atoms with van der Waals surface area (Å²) in [7, 11) is 0. The van der Waals surface area contributed by atoms with Gasteiger partial charge >= 0.3 is 5.97 Å². The summed E-state index contributed by atoms with van der Waals surface area (Å²) in [6, 6.07) is 0. The van der Waals surface area contributed by atoms with E-state index in [4.69, 9.17) is 4.74 Å². The number of ether oxygens (including phenoxy) is 1. The number of hydrogen-bond acceptors (Lipinski definition) is 4. The summed E-state index contributed by atoms with van der Waals surface area (Å²) in [5.74, 6) is -0.481. The minimum Gasteiger partial charge on any atom is -0.461 e. The van der Waals surface area contributed by atoms with Crippen molar-refractivity contribution in [2.45, 2.75) is 13.3 Å². The number of rotatable bonds is 7. The number of nitrogens with one attached hydrogen (secondary N) is 1. The molecule has 0 amide bonds. The number of hydrogen-bond donors (Lipinski definition) is 1. The Kier molecular flexibility index (Phi) is 8.14. The number of aldehydes is 1. The van der Waals surface area contributed by atoms with E-state index in [1.807, 2.05) is 0 Å². The highest BCUT2D eigenvalue weighted by Crippen LogP contribution is 1.79. The Bertz CT molecular complexity index is 178. The lowest BCUT2D eigenvalue weighted by molar-refractivity contribution is -0.137. The van der Waals surface area contributed by atoms with Crippen LogP contribution in [0.5, 0.6) is 0 Å². The zero-order valence-corrected chi connectivity index (χ0v) is 7.79. The van der Waals surface area contributed by atoms with Gasteiger partial charge in [0, 0.05) is 12.6 Å². The SMILES string of the molecule is CCCNCCOC(=O)/C=C/C=O. The Morgan fingerprint density at radius 1 is 1.46 bits per heavy atom. The first-order chi connectivity index (χ1) is 6.31. The van der Waals surface area contributed by atoms with E-state index in [-0.39, 0.29) is 0 Å². The summed E-state index contributed by atoms with van der Waals surface area (Å²) in [5.41, 5.74) is 0. The topological polar surface area (TPSA) is 55.4 Å². The smallest absolute Gasteiger partial charge is 0.330 e. The summed E-state index contributed by atoms with van der Waals surface area (Å²) in [6.07, 6.45) is 3.81. The summed E-state index contributed by atoms with van der Waals surface area (Å²) in [5, 5.41) is 3.08. The first-order valence-corrected chi connectivity index (χ1v) is 4.30. The van der Waals surface area contributed by atoms with Gasteiger partial charge in [0.15, 0.2) is 0 Å². The van der Waals surface area contributed by atoms with Crippen LogP contribution in [0.25, 0.3) is 0 Å². The van der Waals surface area contributed by atoms with E-state index < -0.39 is 5.97 Å². The molecule has 0 aromatic rings. The molecule has 0 aliphatic carbocycles. The molecule has 0 aromatic carbocycles. The lowest BCUT2D eigenvalue weighted by atomic mass is 10.5. The quantitative estimate of drug-likeness (QED) is 0.268. The molecule has 0 aromatic heterocycles. The van der Waals surface area contributed by atoms with E-state index in [9.17, 15) is 9.59 Å². The molecular formula is C9H15NO3. The minimum atomic E-state index is -0.481. The molecule has 0 bridgehead atoms. The van der Waals surface area contributed by atoms with Crippen LogP contribution in [0.15, 0.2) is 12.2 Å². The Labute approximate surface area is 78.0 Å². The van der Waals surface area contributed by atoms with Crippen LogP contribution in [0.1, 0.15) is 13.3 Å². The lowest BCUT2D eigenvalue weighted by Crippen LogP contribution is -2.21. The normalized spacial score (nSPS) is 10.2. The van der Waals surface area contributed by atoms with E-state index in [1.165, 1.54) is 0 Å². The molecule has 1 N–H and O–H groups in total. The van der Waals surface area contributed by atoms with Gasteiger partial charge in [0.25, 0.3) is 0 Å². The monoisotopic (exact) mass is 185 g/mol. The fraction of sp³-hybridized carbons (Fsp3) is 0.556. The van der Waals surface area contributed by atoms with Gasteiger partial charge in [-0.05, 0) is 19.0 Å². The van der Waals surface area contributed by atoms with Crippen LogP contribution in [-0.4, -0.2) is 32.0 Å². The predicted octanol–water partition coefficient (Wildman–Crippen LogP) is 0.284. The molecule has 0 radical (unpaired) electrons. The van der Waals surface area contributed by atoms with Gasteiger partial charge in [0.2, 0.25) is 0 Å². The lowest BCUT2D eigenvalue weighted by Gasteiger charge is -2.02. The molecule has 4 heteroatoms. The first kappa shape index (κ1) is 11.8. The van der Waals surface area contributed by atoms with E-state index in [1.54, 1.807) is 0 Å². The van der Waals surface area contributed by atoms with Gasteiger partial charge in [-0.3, -0.25) is 4.79 Å². The molecule has 13 heavy (non-hydrogen) atoms. The molecule has 0 heterocycles. The number of allylic oxidation sites excluding steroid dienone is 1. The van der Waals surface area contributed by atoms with Crippen LogP contribution in [-0.2, 0) is 14.3 Å². The molecule has 0 saturated carbocycles. The van der Waals surface area contributed by atoms with Gasteiger partial charge in [-0.25, -0.2) is 4.79 Å². The van der Waals surface area contributed by atoms with Crippen molar-refractivity contribution in [1.82, 2.24) is 5.32 Å². The molecule has 74 valence electrons. The van der Waals surface area contributed by atoms with E-state index in [0.29, 0.717) is 19.4 Å². The third kappa shape index (κ3) is 8.75. The average molecular weight is 185 g/mol. The van der Waals surface area contributed by atoms with Crippen molar-refractivity contribution >= 4 is 12.3 Å². The van der Waals surface area contributed by atoms with Crippen molar-refractivity contribution in [3.63, 3.8) is 0 Å². The Morgan fingerprint density at radius 2 is 2.23 bits per heavy atom. The van der Waals surface area contributed by atoms with Gasteiger partial charge in [-0.2, -0.15) is 0 Å². The molecule has 0 aliphatic rings. The largest absolute Gasteiger partial charge is 0.461 e. The molecule has 0 atom stereocenters. The fourth-order valence-corrected chi connectivity index (χ4v) is 0.692. The third-order valence-corrected chi connectivity index (χ3v) is 1.26. The van der Waals surface area contributed by atoms with Crippen molar-refractivity contribution in [3.05, 3.63) is 12.2 Å². The molecule has 0 fully saturated rings. The highest BCUT2D eigenvalue weighted by molar-refractivity contribution is 5.86. The fourth-order valence-electron chi connectivity index (χ4n) is 0.692. The molecule has 0 unspecified atom stereocenters. The van der Waals surface area contributed by atoms with Gasteiger partial charge in [-0.15, -0.1) is 0 Å². The zero-order chi connectivity index (χ0) is 9.94. The highest BCUT2D eigenvalue weighted by atomic mass is 16.5. The Hall–Kier alpha value is -1.16. The number of esters is 1. The van der Waals surface area contributed by atoms with E-state index >= 15 is 0 Å². The van der Waals surface area contributed by atoms with Crippen LogP contribution in [0, 0.1) is 0 Å². The molecule has 0 aliphatic heterocycles. The highest BCUT2D eigenvalue weighted by Gasteiger charge is 1.94. The van der Waals surface area contributed by atoms with Crippen molar-refractivity contribution in [1.29, 1.82) is 0 Å². The molecule has 4 nitrogen and oxygen atoms in total. The summed E-state index contributed by atoms with van der Waals surface area (Å²) < 4.78 is 4.74. The van der Waals surface area contributed by atoms with Gasteiger partial charge < -0.3 is 10.1 Å². The maximum atomic E-state index is 10.7. The van der Waals surface area contributed by atoms with Gasteiger partial charge in [0.1, 0.15) is 12.9 Å². The molecule has 0 rings (SSSR count). The van der Waals surface area contributed by atoms with Gasteiger partial charge in [0.05, 0.1) is 0 Å². The second-order valence-electron chi connectivity index (χ2n) is 2.41. The first-order valence-electron chi connectivity index (χ1n) is 4.30. The van der Waals surface area contributed by atoms with Crippen LogP contribution in [0.3, 0.4) is 0 Å². The maximum Gasteiger partial charge on any atom is 0.330 e.